The zero-order chi connectivity index (χ0) is 28.0. The molecule has 0 bridgehead atoms. The van der Waals surface area contributed by atoms with Crippen LogP contribution in [0.4, 0.5) is 5.69 Å². The van der Waals surface area contributed by atoms with E-state index in [0.29, 0.717) is 36.1 Å². The number of aromatic nitrogens is 1. The Bertz CT molecular complexity index is 1630. The molecule has 2 amide bonds. The summed E-state index contributed by atoms with van der Waals surface area (Å²) in [6, 6.07) is 35.3. The van der Waals surface area contributed by atoms with Crippen molar-refractivity contribution in [2.75, 3.05) is 17.3 Å². The Morgan fingerprint density at radius 1 is 0.854 bits per heavy atom. The number of anilines is 1. The number of hydrogen-bond donors (Lipinski definition) is 1. The van der Waals surface area contributed by atoms with Gasteiger partial charge in [-0.15, -0.1) is 0 Å². The molecule has 6 rings (SSSR count). The van der Waals surface area contributed by atoms with Gasteiger partial charge in [0.15, 0.2) is 11.3 Å². The molecule has 0 saturated heterocycles. The lowest BCUT2D eigenvalue weighted by atomic mass is 10.1. The van der Waals surface area contributed by atoms with Gasteiger partial charge >= 0.3 is 0 Å². The molecule has 1 N–H and O–H groups in total. The molecule has 0 spiro atoms. The quantitative estimate of drug-likeness (QED) is 0.180. The van der Waals surface area contributed by atoms with Crippen LogP contribution in [0.3, 0.4) is 0 Å². The lowest BCUT2D eigenvalue weighted by Gasteiger charge is -2.28. The maximum Gasteiger partial charge on any atom is 0.280 e. The molecule has 1 aliphatic rings. The molecule has 0 aliphatic carbocycles. The van der Waals surface area contributed by atoms with Gasteiger partial charge in [-0.2, -0.15) is 5.10 Å². The largest absolute Gasteiger partial charge is 0.431 e. The summed E-state index contributed by atoms with van der Waals surface area (Å²) < 4.78 is 5.67. The van der Waals surface area contributed by atoms with Gasteiger partial charge in [0, 0.05) is 18.7 Å². The van der Waals surface area contributed by atoms with E-state index < -0.39 is 0 Å². The number of para-hydroxylation sites is 3. The predicted octanol–water partition coefficient (Wildman–Crippen LogP) is 5.45. The highest BCUT2D eigenvalue weighted by molar-refractivity contribution is 7.99. The molecular formula is C32H27N5O3S. The molecule has 0 unspecified atom stereocenters. The van der Waals surface area contributed by atoms with E-state index in [0.717, 1.165) is 22.3 Å². The number of benzene rings is 4. The number of oxazole rings is 1. The average Bonchev–Trinajstić information content (AvgIpc) is 3.54. The first-order valence-electron chi connectivity index (χ1n) is 13.2. The van der Waals surface area contributed by atoms with Crippen molar-refractivity contribution in [2.45, 2.75) is 18.3 Å². The summed E-state index contributed by atoms with van der Waals surface area (Å²) in [5.74, 6) is -0.571. The first-order chi connectivity index (χ1) is 20.1. The molecular weight excluding hydrogens is 534 g/mol. The van der Waals surface area contributed by atoms with Gasteiger partial charge in [-0.25, -0.2) is 10.4 Å². The van der Waals surface area contributed by atoms with Gasteiger partial charge in [0.05, 0.1) is 18.1 Å². The van der Waals surface area contributed by atoms with Crippen molar-refractivity contribution in [1.29, 1.82) is 0 Å². The number of thioether (sulfide) groups is 1. The fourth-order valence-corrected chi connectivity index (χ4v) is 5.37. The molecule has 1 aliphatic heterocycles. The fraction of sp³-hybridized carbons (Fsp3) is 0.125. The van der Waals surface area contributed by atoms with Crippen LogP contribution in [0.1, 0.15) is 16.7 Å². The van der Waals surface area contributed by atoms with Gasteiger partial charge < -0.3 is 4.42 Å². The minimum absolute atomic E-state index is 0.0467. The van der Waals surface area contributed by atoms with E-state index in [1.807, 2.05) is 84.9 Å². The normalized spacial score (nSPS) is 13.7. The lowest BCUT2D eigenvalue weighted by molar-refractivity contribution is -0.118. The molecule has 0 radical (unpaired) electrons. The van der Waals surface area contributed by atoms with Crippen LogP contribution in [0.5, 0.6) is 0 Å². The molecule has 2 heterocycles. The van der Waals surface area contributed by atoms with E-state index in [9.17, 15) is 9.59 Å². The number of amides is 2. The third-order valence-electron chi connectivity index (χ3n) is 6.63. The summed E-state index contributed by atoms with van der Waals surface area (Å²) in [4.78, 5) is 34.6. The van der Waals surface area contributed by atoms with Gasteiger partial charge in [-0.3, -0.25) is 19.4 Å². The lowest BCUT2D eigenvalue weighted by Crippen LogP contribution is -2.41. The molecule has 0 fully saturated rings. The van der Waals surface area contributed by atoms with Gasteiger partial charge in [-0.05, 0) is 29.3 Å². The van der Waals surface area contributed by atoms with E-state index in [1.54, 1.807) is 4.90 Å². The van der Waals surface area contributed by atoms with Crippen molar-refractivity contribution in [3.63, 3.8) is 0 Å². The summed E-state index contributed by atoms with van der Waals surface area (Å²) in [5, 5.41) is 4.67. The fourth-order valence-electron chi connectivity index (χ4n) is 4.74. The molecule has 8 nitrogen and oxygen atoms in total. The van der Waals surface area contributed by atoms with Crippen LogP contribution in [-0.4, -0.2) is 39.8 Å². The van der Waals surface area contributed by atoms with E-state index in [1.165, 1.54) is 11.8 Å². The summed E-state index contributed by atoms with van der Waals surface area (Å²) in [7, 11) is 0. The third kappa shape index (κ3) is 6.21. The predicted molar refractivity (Wildman–Crippen MR) is 160 cm³/mol. The molecule has 41 heavy (non-hydrogen) atoms. The van der Waals surface area contributed by atoms with Crippen molar-refractivity contribution in [2.24, 2.45) is 5.10 Å². The van der Waals surface area contributed by atoms with Crippen molar-refractivity contribution in [3.05, 3.63) is 126 Å². The van der Waals surface area contributed by atoms with Crippen molar-refractivity contribution >= 4 is 46.1 Å². The molecule has 4 aromatic carbocycles. The van der Waals surface area contributed by atoms with E-state index in [2.05, 4.69) is 44.7 Å². The van der Waals surface area contributed by atoms with Crippen LogP contribution in [0, 0.1) is 0 Å². The van der Waals surface area contributed by atoms with Gasteiger partial charge in [0.2, 0.25) is 0 Å². The molecule has 5 aromatic rings. The second kappa shape index (κ2) is 12.2. The van der Waals surface area contributed by atoms with Crippen LogP contribution < -0.4 is 10.3 Å². The Morgan fingerprint density at radius 2 is 1.49 bits per heavy atom. The summed E-state index contributed by atoms with van der Waals surface area (Å²) in [6.07, 6.45) is 0. The number of hydrazone groups is 1. The second-order valence-corrected chi connectivity index (χ2v) is 10.5. The van der Waals surface area contributed by atoms with Crippen molar-refractivity contribution in [3.8, 4) is 0 Å². The highest BCUT2D eigenvalue weighted by atomic mass is 32.2. The van der Waals surface area contributed by atoms with Crippen LogP contribution in [0.25, 0.3) is 11.1 Å². The summed E-state index contributed by atoms with van der Waals surface area (Å²) >= 11 is 1.17. The van der Waals surface area contributed by atoms with Crippen LogP contribution in [0.15, 0.2) is 124 Å². The minimum atomic E-state index is -0.358. The maximum atomic E-state index is 13.7. The number of nitrogens with one attached hydrogen (secondary N) is 1. The molecule has 0 atom stereocenters. The van der Waals surface area contributed by atoms with Crippen LogP contribution >= 0.6 is 11.8 Å². The van der Waals surface area contributed by atoms with Crippen molar-refractivity contribution < 1.29 is 14.0 Å². The Balaban J connectivity index is 1.17. The SMILES string of the molecule is O=C(CSc1nc2ccccc2o1)NN=C1C(=O)N(CN(Cc2ccccc2)Cc2ccccc2)c2ccccc21. The number of fused-ring (bicyclic) bond motifs is 2. The smallest absolute Gasteiger partial charge is 0.280 e. The van der Waals surface area contributed by atoms with Gasteiger partial charge in [0.1, 0.15) is 5.52 Å². The molecule has 204 valence electrons. The monoisotopic (exact) mass is 561 g/mol. The Kier molecular flexibility index (Phi) is 7.88. The first-order valence-corrected chi connectivity index (χ1v) is 14.2. The van der Waals surface area contributed by atoms with Gasteiger partial charge in [-0.1, -0.05) is 103 Å². The summed E-state index contributed by atoms with van der Waals surface area (Å²) in [6.45, 7) is 1.69. The summed E-state index contributed by atoms with van der Waals surface area (Å²) in [5.41, 5.74) is 7.91. The van der Waals surface area contributed by atoms with Gasteiger partial charge in [0.25, 0.3) is 17.0 Å². The number of nitrogens with zero attached hydrogens (tertiary/aromatic N) is 4. The second-order valence-electron chi connectivity index (χ2n) is 9.58. The highest BCUT2D eigenvalue weighted by Gasteiger charge is 2.35. The zero-order valence-corrected chi connectivity index (χ0v) is 23.0. The topological polar surface area (TPSA) is 91.0 Å². The Labute approximate surface area is 241 Å². The number of rotatable bonds is 10. The third-order valence-corrected chi connectivity index (χ3v) is 7.46. The highest BCUT2D eigenvalue weighted by Crippen LogP contribution is 2.30. The number of carbonyl (C=O) groups excluding carboxylic acids is 2. The maximum absolute atomic E-state index is 13.7. The van der Waals surface area contributed by atoms with E-state index >= 15 is 0 Å². The molecule has 0 saturated carbocycles. The number of hydrogen-bond acceptors (Lipinski definition) is 7. The van der Waals surface area contributed by atoms with Crippen LogP contribution in [-0.2, 0) is 22.7 Å². The minimum Gasteiger partial charge on any atom is -0.431 e. The zero-order valence-electron chi connectivity index (χ0n) is 22.1. The number of carbonyl (C=O) groups is 2. The van der Waals surface area contributed by atoms with E-state index in [4.69, 9.17) is 4.42 Å². The standard InChI is InChI=1S/C32H27N5O3S/c38-29(21-41-32-33-26-16-8-10-18-28(26)40-32)34-35-30-25-15-7-9-17-27(25)37(31(30)39)22-36(19-23-11-3-1-4-12-23)20-24-13-5-2-6-14-24/h1-18H,19-22H2,(H,34,38). The van der Waals surface area contributed by atoms with Crippen molar-refractivity contribution in [1.82, 2.24) is 15.3 Å². The Morgan fingerprint density at radius 3 is 2.20 bits per heavy atom. The van der Waals surface area contributed by atoms with Crippen LogP contribution in [0.2, 0.25) is 0 Å². The Hall–Kier alpha value is -4.73. The molecule has 9 heteroatoms. The molecule has 1 aromatic heterocycles. The first kappa shape index (κ1) is 26.5. The van der Waals surface area contributed by atoms with E-state index in [-0.39, 0.29) is 23.3 Å². The average molecular weight is 562 g/mol.